The highest BCUT2D eigenvalue weighted by Gasteiger charge is 2.63. The molecule has 0 spiro atoms. The molecule has 2 saturated carbocycles. The quantitative estimate of drug-likeness (QED) is 0.272. The zero-order valence-electron chi connectivity index (χ0n) is 31.8. The van der Waals surface area contributed by atoms with Crippen LogP contribution in [0.4, 0.5) is 10.5 Å². The summed E-state index contributed by atoms with van der Waals surface area (Å²) < 4.78 is 39.6. The molecule has 1 saturated heterocycles. The zero-order chi connectivity index (χ0) is 39.2. The Hall–Kier alpha value is -4.60. The molecule has 2 aromatic rings. The van der Waals surface area contributed by atoms with Crippen LogP contribution in [0.25, 0.3) is 10.8 Å². The predicted octanol–water partition coefficient (Wildman–Crippen LogP) is 3.57. The molecule has 7 atom stereocenters. The van der Waals surface area contributed by atoms with Gasteiger partial charge in [-0.2, -0.15) is 0 Å². The van der Waals surface area contributed by atoms with Crippen molar-refractivity contribution >= 4 is 50.3 Å². The first-order chi connectivity index (χ1) is 25.5. The number of anilines is 1. The van der Waals surface area contributed by atoms with E-state index in [2.05, 4.69) is 27.3 Å². The standard InChI is InChI=1S/C38H52N6O9S/c1-7-23-16-22(2)10-8-9-11-24-19-38(24,35(47)42-54(50,51)37(3)14-15-37)41-32(45)29-18-26(21-44(29)34(46)31(23)40-36(48)49)53-33-27-13-12-25(43(4)5)17-28(27)30(52-6)20-39-33/h9,11-13,17,20,22-24,26,29,31,40H,7-8,10,14-16,18-19,21H2,1-6H3,(H,41,45)(H,42,47)(H,48,49)/t22-,23-,24-,26-,29+,31+,38-/m1/s1. The summed E-state index contributed by atoms with van der Waals surface area (Å²) in [6.07, 6.45) is 6.74. The minimum absolute atomic E-state index is 0.00409. The van der Waals surface area contributed by atoms with Crippen molar-refractivity contribution in [2.24, 2.45) is 17.8 Å². The van der Waals surface area contributed by atoms with Crippen LogP contribution in [-0.4, -0.2) is 103 Å². The SMILES string of the molecule is CC[C@@H]1C[C@H](C)CCC=C[C@@H]2C[C@@]2(C(=O)NS(=O)(=O)C2(C)CC2)NC(=O)[C@@H]2C[C@@H](Oc3ncc(OC)c4cc(N(C)C)ccc34)CN2C(=O)[C@H]1NC(=O)O. The number of sulfonamides is 1. The minimum Gasteiger partial charge on any atom is -0.494 e. The Morgan fingerprint density at radius 2 is 1.91 bits per heavy atom. The van der Waals surface area contributed by atoms with Crippen LogP contribution in [0.2, 0.25) is 0 Å². The molecule has 2 aliphatic heterocycles. The number of aromatic nitrogens is 1. The number of benzene rings is 1. The van der Waals surface area contributed by atoms with Crippen LogP contribution in [0.15, 0.2) is 36.5 Å². The number of nitrogens with zero attached hydrogens (tertiary/aromatic N) is 3. The number of pyridine rings is 1. The molecule has 0 radical (unpaired) electrons. The zero-order valence-corrected chi connectivity index (χ0v) is 32.6. The van der Waals surface area contributed by atoms with E-state index >= 15 is 0 Å². The van der Waals surface area contributed by atoms with Gasteiger partial charge in [-0.05, 0) is 75.5 Å². The van der Waals surface area contributed by atoms with Crippen LogP contribution >= 0.6 is 0 Å². The Morgan fingerprint density at radius 1 is 1.17 bits per heavy atom. The number of carbonyl (C=O) groups excluding carboxylic acids is 3. The largest absolute Gasteiger partial charge is 0.494 e. The van der Waals surface area contributed by atoms with Crippen molar-refractivity contribution in [2.45, 2.75) is 101 Å². The van der Waals surface area contributed by atoms with E-state index in [1.807, 2.05) is 56.3 Å². The van der Waals surface area contributed by atoms with Crippen molar-refractivity contribution < 1.29 is 42.2 Å². The molecule has 2 aliphatic carbocycles. The molecule has 3 heterocycles. The Morgan fingerprint density at radius 3 is 2.56 bits per heavy atom. The number of allylic oxidation sites excluding steroid dienone is 1. The van der Waals surface area contributed by atoms with E-state index < -0.39 is 68.2 Å². The highest BCUT2D eigenvalue weighted by molar-refractivity contribution is 7.91. The van der Waals surface area contributed by atoms with Gasteiger partial charge >= 0.3 is 6.09 Å². The van der Waals surface area contributed by atoms with Crippen LogP contribution in [0.3, 0.4) is 0 Å². The summed E-state index contributed by atoms with van der Waals surface area (Å²) in [7, 11) is 1.38. The van der Waals surface area contributed by atoms with Crippen LogP contribution < -0.4 is 29.7 Å². The van der Waals surface area contributed by atoms with Crippen molar-refractivity contribution in [1.82, 2.24) is 25.2 Å². The van der Waals surface area contributed by atoms with Gasteiger partial charge in [0.25, 0.3) is 5.91 Å². The molecular weight excluding hydrogens is 717 g/mol. The highest BCUT2D eigenvalue weighted by atomic mass is 32.2. The molecule has 0 bridgehead atoms. The van der Waals surface area contributed by atoms with Gasteiger partial charge in [-0.1, -0.05) is 32.4 Å². The molecule has 6 rings (SSSR count). The summed E-state index contributed by atoms with van der Waals surface area (Å²) in [4.78, 5) is 62.8. The molecule has 0 unspecified atom stereocenters. The lowest BCUT2D eigenvalue weighted by Crippen LogP contribution is -2.59. The molecule has 294 valence electrons. The van der Waals surface area contributed by atoms with Crippen molar-refractivity contribution in [3.63, 3.8) is 0 Å². The van der Waals surface area contributed by atoms with Crippen LogP contribution in [0, 0.1) is 17.8 Å². The molecule has 4 aliphatic rings. The van der Waals surface area contributed by atoms with Crippen LogP contribution in [0.1, 0.15) is 72.1 Å². The number of nitrogens with one attached hydrogen (secondary N) is 3. The fourth-order valence-corrected chi connectivity index (χ4v) is 9.13. The topological polar surface area (TPSA) is 197 Å². The van der Waals surface area contributed by atoms with Gasteiger partial charge in [0.15, 0.2) is 0 Å². The highest BCUT2D eigenvalue weighted by Crippen LogP contribution is 2.48. The lowest BCUT2D eigenvalue weighted by Gasteiger charge is -2.33. The van der Waals surface area contributed by atoms with Gasteiger partial charge in [0.2, 0.25) is 27.7 Å². The smallest absolute Gasteiger partial charge is 0.405 e. The number of rotatable bonds is 9. The van der Waals surface area contributed by atoms with Gasteiger partial charge in [-0.25, -0.2) is 18.2 Å². The fraction of sp³-hybridized carbons (Fsp3) is 0.605. The second-order valence-electron chi connectivity index (χ2n) is 15.8. The van der Waals surface area contributed by atoms with Crippen molar-refractivity contribution in [2.75, 3.05) is 32.6 Å². The Bertz CT molecular complexity index is 1950. The van der Waals surface area contributed by atoms with E-state index in [1.54, 1.807) is 20.2 Å². The summed E-state index contributed by atoms with van der Waals surface area (Å²) in [6, 6.07) is 3.40. The maximum absolute atomic E-state index is 14.6. The monoisotopic (exact) mass is 768 g/mol. The first kappa shape index (κ1) is 39.1. The molecule has 54 heavy (non-hydrogen) atoms. The van der Waals surface area contributed by atoms with Gasteiger partial charge < -0.3 is 35.0 Å². The first-order valence-corrected chi connectivity index (χ1v) is 20.2. The van der Waals surface area contributed by atoms with Gasteiger partial charge in [0.05, 0.1) is 24.6 Å². The molecule has 3 fully saturated rings. The Kier molecular flexibility index (Phi) is 10.8. The second kappa shape index (κ2) is 14.9. The van der Waals surface area contributed by atoms with Crippen molar-refractivity contribution in [3.05, 3.63) is 36.5 Å². The number of hydrogen-bond acceptors (Lipinski definition) is 10. The number of hydrogen-bond donors (Lipinski definition) is 4. The summed E-state index contributed by atoms with van der Waals surface area (Å²) in [5.74, 6) is -1.96. The minimum atomic E-state index is -4.01. The molecular formula is C38H52N6O9S. The van der Waals surface area contributed by atoms with Gasteiger partial charge in [0, 0.05) is 42.9 Å². The molecule has 1 aromatic carbocycles. The lowest BCUT2D eigenvalue weighted by molar-refractivity contribution is -0.142. The number of methoxy groups -OCH3 is 1. The van der Waals surface area contributed by atoms with E-state index in [4.69, 9.17) is 9.47 Å². The number of amides is 4. The average Bonchev–Trinajstić information content (AvgIpc) is 4.00. The van der Waals surface area contributed by atoms with Crippen LogP contribution in [-0.2, 0) is 24.4 Å². The maximum Gasteiger partial charge on any atom is 0.405 e. The molecule has 4 amide bonds. The number of carbonyl (C=O) groups is 4. The lowest BCUT2D eigenvalue weighted by atomic mass is 9.85. The van der Waals surface area contributed by atoms with Crippen LogP contribution in [0.5, 0.6) is 11.6 Å². The van der Waals surface area contributed by atoms with Gasteiger partial charge in [-0.15, -0.1) is 0 Å². The van der Waals surface area contributed by atoms with Gasteiger partial charge in [0.1, 0.15) is 29.5 Å². The van der Waals surface area contributed by atoms with Crippen molar-refractivity contribution in [3.8, 4) is 11.6 Å². The molecule has 1 aromatic heterocycles. The maximum atomic E-state index is 14.6. The van der Waals surface area contributed by atoms with E-state index in [-0.39, 0.29) is 37.1 Å². The third-order valence-corrected chi connectivity index (χ3v) is 13.9. The number of carboxylic acid groups (broad SMARTS) is 1. The third-order valence-electron chi connectivity index (χ3n) is 11.7. The van der Waals surface area contributed by atoms with Crippen molar-refractivity contribution in [1.29, 1.82) is 0 Å². The van der Waals surface area contributed by atoms with E-state index in [0.717, 1.165) is 17.5 Å². The predicted molar refractivity (Wildman–Crippen MR) is 202 cm³/mol. The Balaban J connectivity index is 1.36. The van der Waals surface area contributed by atoms with E-state index in [1.165, 1.54) is 4.90 Å². The third kappa shape index (κ3) is 7.66. The second-order valence-corrected chi connectivity index (χ2v) is 18.0. The molecule has 16 heteroatoms. The fourth-order valence-electron chi connectivity index (χ4n) is 7.82. The molecule has 4 N–H and O–H groups in total. The van der Waals surface area contributed by atoms with E-state index in [0.29, 0.717) is 43.2 Å². The summed E-state index contributed by atoms with van der Waals surface area (Å²) >= 11 is 0. The Labute approximate surface area is 316 Å². The summed E-state index contributed by atoms with van der Waals surface area (Å²) in [5, 5.41) is 16.6. The number of ether oxygens (including phenoxy) is 2. The van der Waals surface area contributed by atoms with Gasteiger partial charge in [-0.3, -0.25) is 19.1 Å². The summed E-state index contributed by atoms with van der Waals surface area (Å²) in [6.45, 7) is 5.47. The first-order valence-electron chi connectivity index (χ1n) is 18.7. The normalized spacial score (nSPS) is 29.5. The molecule has 15 nitrogen and oxygen atoms in total. The summed E-state index contributed by atoms with van der Waals surface area (Å²) in [5.41, 5.74) is -0.623. The van der Waals surface area contributed by atoms with E-state index in [9.17, 15) is 32.7 Å². The number of fused-ring (bicyclic) bond motifs is 3. The average molecular weight is 769 g/mol.